The van der Waals surface area contributed by atoms with Crippen LogP contribution in [0.15, 0.2) is 23.1 Å². The second-order valence-corrected chi connectivity index (χ2v) is 7.01. The summed E-state index contributed by atoms with van der Waals surface area (Å²) < 4.78 is 39.9. The number of halogens is 1. The Morgan fingerprint density at radius 2 is 2.00 bits per heavy atom. The molecule has 0 radical (unpaired) electrons. The maximum absolute atomic E-state index is 13.3. The molecule has 20 heavy (non-hydrogen) atoms. The van der Waals surface area contributed by atoms with Gasteiger partial charge in [0.25, 0.3) is 0 Å². The van der Waals surface area contributed by atoms with E-state index in [4.69, 9.17) is 5.73 Å². The minimum atomic E-state index is -3.58. The number of hydrogen-bond donors (Lipinski definition) is 2. The number of nitrogens with one attached hydrogen (secondary N) is 1. The van der Waals surface area contributed by atoms with Crippen molar-refractivity contribution in [2.24, 2.45) is 11.7 Å². The smallest absolute Gasteiger partial charge is 0.240 e. The number of benzene rings is 1. The van der Waals surface area contributed by atoms with Crippen LogP contribution in [0.5, 0.6) is 0 Å². The summed E-state index contributed by atoms with van der Waals surface area (Å²) in [6.07, 6.45) is 2.86. The Labute approximate surface area is 120 Å². The van der Waals surface area contributed by atoms with Crippen LogP contribution in [0.25, 0.3) is 0 Å². The standard InChI is InChI=1S/C14H23FN2O2S/c1-11(2)5-3-4-8-17-20(18,19)13-6-7-14(15)12(9-13)10-16/h6-7,9,11,17H,3-5,8,10,16H2,1-2H3. The quantitative estimate of drug-likeness (QED) is 0.724. The van der Waals surface area contributed by atoms with Gasteiger partial charge in [-0.2, -0.15) is 0 Å². The molecule has 0 aromatic heterocycles. The predicted octanol–water partition coefficient (Wildman–Crippen LogP) is 2.39. The summed E-state index contributed by atoms with van der Waals surface area (Å²) in [5.41, 5.74) is 5.58. The molecule has 0 aliphatic heterocycles. The van der Waals surface area contributed by atoms with Gasteiger partial charge in [-0.25, -0.2) is 17.5 Å². The van der Waals surface area contributed by atoms with Gasteiger partial charge in [-0.1, -0.05) is 26.7 Å². The van der Waals surface area contributed by atoms with E-state index < -0.39 is 15.8 Å². The predicted molar refractivity (Wildman–Crippen MR) is 78.2 cm³/mol. The Kier molecular flexibility index (Phi) is 6.58. The van der Waals surface area contributed by atoms with Crippen molar-refractivity contribution in [2.75, 3.05) is 6.54 Å². The Bertz CT molecular complexity index is 530. The summed E-state index contributed by atoms with van der Waals surface area (Å²) in [6.45, 7) is 4.64. The first-order chi connectivity index (χ1) is 9.36. The number of unbranched alkanes of at least 4 members (excludes halogenated alkanes) is 1. The van der Waals surface area contributed by atoms with Gasteiger partial charge in [-0.15, -0.1) is 0 Å². The van der Waals surface area contributed by atoms with Crippen LogP contribution in [0.2, 0.25) is 0 Å². The van der Waals surface area contributed by atoms with Crippen LogP contribution >= 0.6 is 0 Å². The van der Waals surface area contributed by atoms with Crippen molar-refractivity contribution < 1.29 is 12.8 Å². The van der Waals surface area contributed by atoms with E-state index >= 15 is 0 Å². The topological polar surface area (TPSA) is 72.2 Å². The Morgan fingerprint density at radius 1 is 1.30 bits per heavy atom. The lowest BCUT2D eigenvalue weighted by molar-refractivity contribution is 0.530. The Hall–Kier alpha value is -0.980. The van der Waals surface area contributed by atoms with Crippen molar-refractivity contribution in [2.45, 2.75) is 44.6 Å². The van der Waals surface area contributed by atoms with Gasteiger partial charge in [0.2, 0.25) is 10.0 Å². The Morgan fingerprint density at radius 3 is 2.60 bits per heavy atom. The largest absolute Gasteiger partial charge is 0.326 e. The third-order valence-electron chi connectivity index (χ3n) is 3.05. The molecule has 0 heterocycles. The molecule has 0 bridgehead atoms. The van der Waals surface area contributed by atoms with Crippen LogP contribution in [-0.4, -0.2) is 15.0 Å². The summed E-state index contributed by atoms with van der Waals surface area (Å²) in [7, 11) is -3.58. The van der Waals surface area contributed by atoms with E-state index in [-0.39, 0.29) is 17.0 Å². The van der Waals surface area contributed by atoms with E-state index in [2.05, 4.69) is 18.6 Å². The molecule has 0 saturated carbocycles. The van der Waals surface area contributed by atoms with E-state index in [0.29, 0.717) is 12.5 Å². The fourth-order valence-corrected chi connectivity index (χ4v) is 2.97. The van der Waals surface area contributed by atoms with Crippen LogP contribution in [0.1, 0.15) is 38.7 Å². The van der Waals surface area contributed by atoms with Crippen molar-refractivity contribution in [3.05, 3.63) is 29.6 Å². The lowest BCUT2D eigenvalue weighted by Gasteiger charge is -2.09. The highest BCUT2D eigenvalue weighted by molar-refractivity contribution is 7.89. The fraction of sp³-hybridized carbons (Fsp3) is 0.571. The number of hydrogen-bond acceptors (Lipinski definition) is 3. The van der Waals surface area contributed by atoms with Crippen molar-refractivity contribution in [1.29, 1.82) is 0 Å². The number of sulfonamides is 1. The summed E-state index contributed by atoms with van der Waals surface area (Å²) in [6, 6.07) is 3.67. The molecule has 0 fully saturated rings. The zero-order chi connectivity index (χ0) is 15.2. The second-order valence-electron chi connectivity index (χ2n) is 5.24. The zero-order valence-electron chi connectivity index (χ0n) is 12.0. The van der Waals surface area contributed by atoms with Crippen molar-refractivity contribution in [3.8, 4) is 0 Å². The molecule has 0 saturated heterocycles. The lowest BCUT2D eigenvalue weighted by Crippen LogP contribution is -2.25. The summed E-state index contributed by atoms with van der Waals surface area (Å²) in [4.78, 5) is 0.0585. The number of nitrogens with two attached hydrogens (primary N) is 1. The molecule has 0 spiro atoms. The molecule has 1 aromatic rings. The molecular formula is C14H23FN2O2S. The highest BCUT2D eigenvalue weighted by atomic mass is 32.2. The number of rotatable bonds is 8. The molecule has 1 rings (SSSR count). The first-order valence-electron chi connectivity index (χ1n) is 6.85. The van der Waals surface area contributed by atoms with Gasteiger partial charge in [0.1, 0.15) is 5.82 Å². The van der Waals surface area contributed by atoms with Gasteiger partial charge in [0.05, 0.1) is 4.90 Å². The van der Waals surface area contributed by atoms with Crippen LogP contribution in [0.4, 0.5) is 4.39 Å². The SMILES string of the molecule is CC(C)CCCCNS(=O)(=O)c1ccc(F)c(CN)c1. The third kappa shape index (κ3) is 5.19. The molecule has 1 aromatic carbocycles. The van der Waals surface area contributed by atoms with Gasteiger partial charge in [-0.05, 0) is 30.5 Å². The van der Waals surface area contributed by atoms with E-state index in [1.54, 1.807) is 0 Å². The first kappa shape index (κ1) is 17.1. The van der Waals surface area contributed by atoms with E-state index in [9.17, 15) is 12.8 Å². The normalized spacial score (nSPS) is 12.1. The van der Waals surface area contributed by atoms with Gasteiger partial charge < -0.3 is 5.73 Å². The van der Waals surface area contributed by atoms with Crippen LogP contribution in [0.3, 0.4) is 0 Å². The Balaban J connectivity index is 2.60. The maximum Gasteiger partial charge on any atom is 0.240 e. The van der Waals surface area contributed by atoms with Gasteiger partial charge in [0.15, 0.2) is 0 Å². The van der Waals surface area contributed by atoms with E-state index in [0.717, 1.165) is 25.3 Å². The van der Waals surface area contributed by atoms with Crippen molar-refractivity contribution in [1.82, 2.24) is 4.72 Å². The lowest BCUT2D eigenvalue weighted by atomic mass is 10.1. The molecule has 0 amide bonds. The molecule has 4 nitrogen and oxygen atoms in total. The molecule has 0 atom stereocenters. The fourth-order valence-electron chi connectivity index (χ4n) is 1.84. The van der Waals surface area contributed by atoms with Crippen molar-refractivity contribution >= 4 is 10.0 Å². The highest BCUT2D eigenvalue weighted by Crippen LogP contribution is 2.15. The van der Waals surface area contributed by atoms with E-state index in [1.165, 1.54) is 12.1 Å². The maximum atomic E-state index is 13.3. The van der Waals surface area contributed by atoms with E-state index in [1.807, 2.05) is 0 Å². The third-order valence-corrected chi connectivity index (χ3v) is 4.51. The van der Waals surface area contributed by atoms with Crippen LogP contribution in [-0.2, 0) is 16.6 Å². The minimum Gasteiger partial charge on any atom is -0.326 e. The van der Waals surface area contributed by atoms with Gasteiger partial charge in [0, 0.05) is 18.7 Å². The average Bonchev–Trinajstić information content (AvgIpc) is 2.38. The molecule has 6 heteroatoms. The monoisotopic (exact) mass is 302 g/mol. The van der Waals surface area contributed by atoms with Crippen LogP contribution < -0.4 is 10.5 Å². The molecule has 0 aliphatic carbocycles. The average molecular weight is 302 g/mol. The molecular weight excluding hydrogens is 279 g/mol. The van der Waals surface area contributed by atoms with Gasteiger partial charge in [-0.3, -0.25) is 0 Å². The highest BCUT2D eigenvalue weighted by Gasteiger charge is 2.15. The summed E-state index contributed by atoms with van der Waals surface area (Å²) in [5.74, 6) is 0.138. The molecule has 3 N–H and O–H groups in total. The molecule has 0 aliphatic rings. The molecule has 0 unspecified atom stereocenters. The summed E-state index contributed by atoms with van der Waals surface area (Å²) in [5, 5.41) is 0. The summed E-state index contributed by atoms with van der Waals surface area (Å²) >= 11 is 0. The van der Waals surface area contributed by atoms with Gasteiger partial charge >= 0.3 is 0 Å². The zero-order valence-corrected chi connectivity index (χ0v) is 12.8. The van der Waals surface area contributed by atoms with Crippen molar-refractivity contribution in [3.63, 3.8) is 0 Å². The first-order valence-corrected chi connectivity index (χ1v) is 8.33. The molecule has 114 valence electrons. The van der Waals surface area contributed by atoms with Crippen LogP contribution in [0, 0.1) is 11.7 Å². The second kappa shape index (κ2) is 7.71. The minimum absolute atomic E-state index is 0.0242.